The van der Waals surface area contributed by atoms with Crippen molar-refractivity contribution in [3.05, 3.63) is 41.8 Å². The van der Waals surface area contributed by atoms with Crippen LogP contribution in [0.15, 0.2) is 36.8 Å². The summed E-state index contributed by atoms with van der Waals surface area (Å²) in [5.74, 6) is 0.655. The minimum absolute atomic E-state index is 0.611. The van der Waals surface area contributed by atoms with Gasteiger partial charge >= 0.3 is 0 Å². The summed E-state index contributed by atoms with van der Waals surface area (Å²) in [4.78, 5) is 3.98. The third-order valence-electron chi connectivity index (χ3n) is 2.47. The van der Waals surface area contributed by atoms with Crippen LogP contribution in [0.25, 0.3) is 17.0 Å². The van der Waals surface area contributed by atoms with Gasteiger partial charge in [-0.1, -0.05) is 11.6 Å². The number of aromatic nitrogens is 4. The summed E-state index contributed by atoms with van der Waals surface area (Å²) in [6.07, 6.45) is 5.09. The predicted molar refractivity (Wildman–Crippen MR) is 65.6 cm³/mol. The van der Waals surface area contributed by atoms with Crippen LogP contribution in [0.1, 0.15) is 0 Å². The van der Waals surface area contributed by atoms with Crippen LogP contribution in [0, 0.1) is 0 Å². The maximum absolute atomic E-state index is 5.96. The molecule has 2 aromatic heterocycles. The second-order valence-corrected chi connectivity index (χ2v) is 4.00. The molecule has 5 nitrogen and oxygen atoms in total. The predicted octanol–water partition coefficient (Wildman–Crippen LogP) is 2.03. The Hall–Kier alpha value is -2.14. The van der Waals surface area contributed by atoms with Gasteiger partial charge in [0, 0.05) is 28.7 Å². The van der Waals surface area contributed by atoms with Gasteiger partial charge in [0.25, 0.3) is 0 Å². The molecule has 2 N–H and O–H groups in total. The highest BCUT2D eigenvalue weighted by atomic mass is 35.5. The fourth-order valence-electron chi connectivity index (χ4n) is 1.66. The fraction of sp³-hybridized carbons (Fsp3) is 0. The molecule has 84 valence electrons. The minimum Gasteiger partial charge on any atom is -0.398 e. The van der Waals surface area contributed by atoms with Gasteiger partial charge in [-0.15, -0.1) is 10.2 Å². The van der Waals surface area contributed by atoms with Gasteiger partial charge in [0.1, 0.15) is 0 Å². The molecule has 0 aliphatic rings. The number of hydrogen-bond donors (Lipinski definition) is 1. The van der Waals surface area contributed by atoms with Crippen LogP contribution < -0.4 is 5.73 Å². The summed E-state index contributed by atoms with van der Waals surface area (Å²) in [5, 5.41) is 8.73. The molecule has 1 aromatic carbocycles. The molecule has 0 bridgehead atoms. The normalized spacial score (nSPS) is 10.9. The topological polar surface area (TPSA) is 69.1 Å². The first-order chi connectivity index (χ1) is 8.25. The van der Waals surface area contributed by atoms with Crippen LogP contribution in [0.3, 0.4) is 0 Å². The van der Waals surface area contributed by atoms with E-state index in [-0.39, 0.29) is 0 Å². The minimum atomic E-state index is 0.611. The van der Waals surface area contributed by atoms with Crippen molar-refractivity contribution >= 4 is 22.9 Å². The number of nitrogens with two attached hydrogens (primary N) is 1. The summed E-state index contributed by atoms with van der Waals surface area (Å²) < 4.78 is 1.81. The standard InChI is InChI=1S/C11H8ClN5/c12-7-1-2-9(13)8(5-7)11-16-15-10-6-14-3-4-17(10)11/h1-6H,13H2. The van der Waals surface area contributed by atoms with Gasteiger partial charge in [-0.3, -0.25) is 9.38 Å². The molecule has 0 fully saturated rings. The van der Waals surface area contributed by atoms with E-state index in [0.717, 1.165) is 5.56 Å². The molecule has 0 amide bonds. The van der Waals surface area contributed by atoms with E-state index >= 15 is 0 Å². The van der Waals surface area contributed by atoms with Gasteiger partial charge < -0.3 is 5.73 Å². The van der Waals surface area contributed by atoms with E-state index in [1.165, 1.54) is 0 Å². The molecule has 0 aliphatic heterocycles. The maximum atomic E-state index is 5.96. The average Bonchev–Trinajstić information content (AvgIpc) is 2.76. The first kappa shape index (κ1) is 10.0. The van der Waals surface area contributed by atoms with Crippen molar-refractivity contribution in [2.24, 2.45) is 0 Å². The lowest BCUT2D eigenvalue weighted by Crippen LogP contribution is -1.94. The van der Waals surface area contributed by atoms with E-state index in [0.29, 0.717) is 22.2 Å². The number of halogens is 1. The Bertz CT molecular complexity index is 691. The summed E-state index contributed by atoms with van der Waals surface area (Å²) >= 11 is 5.96. The third kappa shape index (κ3) is 1.60. The number of rotatable bonds is 1. The van der Waals surface area contributed by atoms with Crippen molar-refractivity contribution in [1.29, 1.82) is 0 Å². The van der Waals surface area contributed by atoms with Gasteiger partial charge in [0.2, 0.25) is 0 Å². The highest BCUT2D eigenvalue weighted by molar-refractivity contribution is 6.31. The first-order valence-corrected chi connectivity index (χ1v) is 5.33. The highest BCUT2D eigenvalue weighted by Gasteiger charge is 2.11. The largest absolute Gasteiger partial charge is 0.398 e. The van der Waals surface area contributed by atoms with E-state index in [1.807, 2.05) is 4.40 Å². The molecular weight excluding hydrogens is 238 g/mol. The quantitative estimate of drug-likeness (QED) is 0.666. The van der Waals surface area contributed by atoms with Crippen molar-refractivity contribution in [3.63, 3.8) is 0 Å². The van der Waals surface area contributed by atoms with Crippen LogP contribution in [0.4, 0.5) is 5.69 Å². The summed E-state index contributed by atoms with van der Waals surface area (Å²) in [5.41, 5.74) is 7.96. The molecule has 0 aliphatic carbocycles. The number of nitrogens with zero attached hydrogens (tertiary/aromatic N) is 4. The monoisotopic (exact) mass is 245 g/mol. The van der Waals surface area contributed by atoms with Crippen molar-refractivity contribution in [2.45, 2.75) is 0 Å². The van der Waals surface area contributed by atoms with Crippen LogP contribution in [0.2, 0.25) is 5.02 Å². The Balaban J connectivity index is 2.31. The number of anilines is 1. The van der Waals surface area contributed by atoms with Gasteiger partial charge in [-0.25, -0.2) is 0 Å². The van der Waals surface area contributed by atoms with Crippen molar-refractivity contribution in [1.82, 2.24) is 19.6 Å². The number of fused-ring (bicyclic) bond motifs is 1. The zero-order valence-corrected chi connectivity index (χ0v) is 9.46. The fourth-order valence-corrected chi connectivity index (χ4v) is 1.83. The molecular formula is C11H8ClN5. The maximum Gasteiger partial charge on any atom is 0.179 e. The van der Waals surface area contributed by atoms with Gasteiger partial charge in [0.05, 0.1) is 6.20 Å². The Kier molecular flexibility index (Phi) is 2.19. The Labute approximate surface area is 102 Å². The number of hydrogen-bond acceptors (Lipinski definition) is 4. The summed E-state index contributed by atoms with van der Waals surface area (Å²) in [6.45, 7) is 0. The molecule has 17 heavy (non-hydrogen) atoms. The molecule has 3 aromatic rings. The molecule has 0 saturated carbocycles. The number of benzene rings is 1. The molecule has 2 heterocycles. The molecule has 0 unspecified atom stereocenters. The molecule has 0 radical (unpaired) electrons. The smallest absolute Gasteiger partial charge is 0.179 e. The van der Waals surface area contributed by atoms with E-state index in [4.69, 9.17) is 17.3 Å². The van der Waals surface area contributed by atoms with E-state index in [2.05, 4.69) is 15.2 Å². The number of nitrogen functional groups attached to an aromatic ring is 1. The molecule has 0 spiro atoms. The Morgan fingerprint density at radius 3 is 3.00 bits per heavy atom. The lowest BCUT2D eigenvalue weighted by Gasteiger charge is -2.04. The molecule has 3 rings (SSSR count). The van der Waals surface area contributed by atoms with Gasteiger partial charge in [-0.05, 0) is 18.2 Å². The lowest BCUT2D eigenvalue weighted by atomic mass is 10.1. The third-order valence-corrected chi connectivity index (χ3v) is 2.71. The lowest BCUT2D eigenvalue weighted by molar-refractivity contribution is 1.11. The zero-order chi connectivity index (χ0) is 11.8. The van der Waals surface area contributed by atoms with Crippen LogP contribution in [-0.4, -0.2) is 19.6 Å². The van der Waals surface area contributed by atoms with Crippen molar-refractivity contribution in [3.8, 4) is 11.4 Å². The second kappa shape index (κ2) is 3.71. The summed E-state index contributed by atoms with van der Waals surface area (Å²) in [7, 11) is 0. The van der Waals surface area contributed by atoms with Crippen LogP contribution >= 0.6 is 11.6 Å². The van der Waals surface area contributed by atoms with E-state index in [9.17, 15) is 0 Å². The average molecular weight is 246 g/mol. The van der Waals surface area contributed by atoms with Crippen LogP contribution in [-0.2, 0) is 0 Å². The summed E-state index contributed by atoms with van der Waals surface area (Å²) in [6, 6.07) is 5.26. The SMILES string of the molecule is Nc1ccc(Cl)cc1-c1nnc2cnccn12. The van der Waals surface area contributed by atoms with Crippen molar-refractivity contribution in [2.75, 3.05) is 5.73 Å². The Morgan fingerprint density at radius 2 is 2.12 bits per heavy atom. The van der Waals surface area contributed by atoms with E-state index in [1.54, 1.807) is 36.8 Å². The zero-order valence-electron chi connectivity index (χ0n) is 8.71. The Morgan fingerprint density at radius 1 is 1.24 bits per heavy atom. The van der Waals surface area contributed by atoms with Gasteiger partial charge in [0.15, 0.2) is 11.5 Å². The second-order valence-electron chi connectivity index (χ2n) is 3.56. The van der Waals surface area contributed by atoms with E-state index < -0.39 is 0 Å². The molecule has 0 atom stereocenters. The first-order valence-electron chi connectivity index (χ1n) is 4.96. The molecule has 6 heteroatoms. The van der Waals surface area contributed by atoms with Crippen molar-refractivity contribution < 1.29 is 0 Å². The van der Waals surface area contributed by atoms with Gasteiger partial charge in [-0.2, -0.15) is 0 Å². The highest BCUT2D eigenvalue weighted by Crippen LogP contribution is 2.27. The van der Waals surface area contributed by atoms with Crippen LogP contribution in [0.5, 0.6) is 0 Å². The molecule has 0 saturated heterocycles.